The van der Waals surface area contributed by atoms with Crippen LogP contribution in [0.15, 0.2) is 24.3 Å². The average molecular weight is 319 g/mol. The van der Waals surface area contributed by atoms with Crippen molar-refractivity contribution in [1.82, 2.24) is 10.2 Å². The van der Waals surface area contributed by atoms with Gasteiger partial charge in [0.1, 0.15) is 5.82 Å². The molecule has 4 nitrogen and oxygen atoms in total. The number of urea groups is 1. The number of nitrogens with zero attached hydrogens (tertiary/aromatic N) is 2. The fraction of sp³-hybridized carbons (Fsp3) is 0.611. The summed E-state index contributed by atoms with van der Waals surface area (Å²) >= 11 is 0. The second-order valence-electron chi connectivity index (χ2n) is 7.44. The number of fused-ring (bicyclic) bond motifs is 4. The van der Waals surface area contributed by atoms with Gasteiger partial charge in [-0.15, -0.1) is 0 Å². The summed E-state index contributed by atoms with van der Waals surface area (Å²) in [5.41, 5.74) is 1.17. The van der Waals surface area contributed by atoms with Crippen LogP contribution < -0.4 is 10.2 Å². The van der Waals surface area contributed by atoms with Crippen molar-refractivity contribution in [2.45, 2.75) is 33.2 Å². The molecule has 3 saturated heterocycles. The first-order chi connectivity index (χ1) is 10.9. The first-order valence-corrected chi connectivity index (χ1v) is 8.45. The van der Waals surface area contributed by atoms with Crippen molar-refractivity contribution in [3.63, 3.8) is 0 Å². The predicted octanol–water partition coefficient (Wildman–Crippen LogP) is 3.09. The molecule has 0 spiro atoms. The Kier molecular flexibility index (Phi) is 4.21. The Balaban J connectivity index is 1.89. The number of anilines is 1. The Morgan fingerprint density at radius 2 is 1.96 bits per heavy atom. The van der Waals surface area contributed by atoms with Gasteiger partial charge >= 0.3 is 6.03 Å². The Morgan fingerprint density at radius 3 is 2.61 bits per heavy atom. The van der Waals surface area contributed by atoms with Crippen LogP contribution in [0.5, 0.6) is 0 Å². The van der Waals surface area contributed by atoms with Crippen molar-refractivity contribution < 1.29 is 9.18 Å². The van der Waals surface area contributed by atoms with Crippen LogP contribution >= 0.6 is 0 Å². The lowest BCUT2D eigenvalue weighted by Gasteiger charge is -2.48. The number of piperidine rings is 1. The first kappa shape index (κ1) is 16.1. The standard InChI is InChI=1S/C18H26FN3O/c1-4-20-17(23)21-10-13-9-18(2,3)16(12-21)22(11-13)15-7-5-14(19)6-8-15/h5-8,13,16H,4,9-12H2,1-3H3,(H,20,23)/t13-,16-/m1/s1. The molecule has 3 aliphatic heterocycles. The maximum absolute atomic E-state index is 13.2. The topological polar surface area (TPSA) is 35.6 Å². The molecular formula is C18H26FN3O. The van der Waals surface area contributed by atoms with E-state index in [0.29, 0.717) is 19.0 Å². The number of carbonyl (C=O) groups excluding carboxylic acids is 1. The second-order valence-corrected chi connectivity index (χ2v) is 7.44. The minimum absolute atomic E-state index is 0.0288. The van der Waals surface area contributed by atoms with E-state index in [1.54, 1.807) is 0 Å². The van der Waals surface area contributed by atoms with Crippen molar-refractivity contribution >= 4 is 11.7 Å². The van der Waals surface area contributed by atoms with E-state index >= 15 is 0 Å². The van der Waals surface area contributed by atoms with Crippen LogP contribution in [0.4, 0.5) is 14.9 Å². The zero-order valence-corrected chi connectivity index (χ0v) is 14.2. The van der Waals surface area contributed by atoms with Gasteiger partial charge in [0.15, 0.2) is 0 Å². The maximum atomic E-state index is 13.2. The van der Waals surface area contributed by atoms with Crippen molar-refractivity contribution in [1.29, 1.82) is 0 Å². The summed E-state index contributed by atoms with van der Waals surface area (Å²) in [6.07, 6.45) is 1.12. The van der Waals surface area contributed by atoms with E-state index < -0.39 is 0 Å². The first-order valence-electron chi connectivity index (χ1n) is 8.45. The highest BCUT2D eigenvalue weighted by molar-refractivity contribution is 5.74. The Morgan fingerprint density at radius 1 is 1.26 bits per heavy atom. The predicted molar refractivity (Wildman–Crippen MR) is 90.1 cm³/mol. The van der Waals surface area contributed by atoms with Crippen LogP contribution in [-0.4, -0.2) is 43.2 Å². The lowest BCUT2D eigenvalue weighted by Crippen LogP contribution is -2.54. The van der Waals surface area contributed by atoms with E-state index in [-0.39, 0.29) is 23.3 Å². The maximum Gasteiger partial charge on any atom is 0.317 e. The van der Waals surface area contributed by atoms with Gasteiger partial charge in [0.25, 0.3) is 0 Å². The molecule has 126 valence electrons. The Bertz CT molecular complexity index is 572. The normalized spacial score (nSPS) is 26.1. The minimum Gasteiger partial charge on any atom is -0.366 e. The van der Waals surface area contributed by atoms with Crippen LogP contribution in [0, 0.1) is 17.2 Å². The molecule has 2 amide bonds. The molecule has 3 aliphatic rings. The van der Waals surface area contributed by atoms with Crippen LogP contribution in [0.25, 0.3) is 0 Å². The second kappa shape index (κ2) is 6.02. The number of hydrogen-bond acceptors (Lipinski definition) is 2. The van der Waals surface area contributed by atoms with Crippen LogP contribution in [0.1, 0.15) is 27.2 Å². The summed E-state index contributed by atoms with van der Waals surface area (Å²) in [4.78, 5) is 16.6. The molecular weight excluding hydrogens is 293 g/mol. The monoisotopic (exact) mass is 319 g/mol. The smallest absolute Gasteiger partial charge is 0.317 e. The van der Waals surface area contributed by atoms with Gasteiger partial charge in [0, 0.05) is 31.9 Å². The highest BCUT2D eigenvalue weighted by atomic mass is 19.1. The third-order valence-corrected chi connectivity index (χ3v) is 5.19. The van der Waals surface area contributed by atoms with Gasteiger partial charge in [0.2, 0.25) is 0 Å². The zero-order valence-electron chi connectivity index (χ0n) is 14.2. The summed E-state index contributed by atoms with van der Waals surface area (Å²) in [5, 5.41) is 2.92. The lowest BCUT2D eigenvalue weighted by atomic mass is 9.73. The zero-order chi connectivity index (χ0) is 16.6. The van der Waals surface area contributed by atoms with E-state index in [1.165, 1.54) is 12.1 Å². The summed E-state index contributed by atoms with van der Waals surface area (Å²) in [6, 6.07) is 7.01. The molecule has 2 atom stereocenters. The summed E-state index contributed by atoms with van der Waals surface area (Å²) in [6.45, 7) is 9.59. The highest BCUT2D eigenvalue weighted by Gasteiger charge is 2.46. The number of carbonyl (C=O) groups is 1. The van der Waals surface area contributed by atoms with Gasteiger partial charge < -0.3 is 15.1 Å². The van der Waals surface area contributed by atoms with Crippen LogP contribution in [-0.2, 0) is 0 Å². The van der Waals surface area contributed by atoms with E-state index in [4.69, 9.17) is 0 Å². The van der Waals surface area contributed by atoms with Gasteiger partial charge in [-0.2, -0.15) is 0 Å². The van der Waals surface area contributed by atoms with E-state index in [9.17, 15) is 9.18 Å². The molecule has 1 N–H and O–H groups in total. The fourth-order valence-electron chi connectivity index (χ4n) is 4.18. The molecule has 0 unspecified atom stereocenters. The van der Waals surface area contributed by atoms with Crippen molar-refractivity contribution in [2.75, 3.05) is 31.1 Å². The number of rotatable bonds is 2. The largest absolute Gasteiger partial charge is 0.366 e. The molecule has 1 aromatic rings. The molecule has 0 saturated carbocycles. The fourth-order valence-corrected chi connectivity index (χ4v) is 4.18. The third-order valence-electron chi connectivity index (χ3n) is 5.19. The average Bonchev–Trinajstić information content (AvgIpc) is 2.75. The van der Waals surface area contributed by atoms with Crippen molar-refractivity contribution in [2.24, 2.45) is 11.3 Å². The van der Waals surface area contributed by atoms with Crippen molar-refractivity contribution in [3.05, 3.63) is 30.1 Å². The van der Waals surface area contributed by atoms with Gasteiger partial charge in [0.05, 0.1) is 6.04 Å². The number of amides is 2. The van der Waals surface area contributed by atoms with Crippen LogP contribution in [0.3, 0.4) is 0 Å². The molecule has 0 radical (unpaired) electrons. The van der Waals surface area contributed by atoms with Crippen molar-refractivity contribution in [3.8, 4) is 0 Å². The summed E-state index contributed by atoms with van der Waals surface area (Å²) in [5.74, 6) is 0.230. The lowest BCUT2D eigenvalue weighted by molar-refractivity contribution is 0.187. The quantitative estimate of drug-likeness (QED) is 0.909. The molecule has 4 rings (SSSR count). The molecule has 3 heterocycles. The molecule has 0 aromatic heterocycles. The number of hydrogen-bond donors (Lipinski definition) is 1. The highest BCUT2D eigenvalue weighted by Crippen LogP contribution is 2.43. The number of halogens is 1. The Hall–Kier alpha value is -1.78. The molecule has 0 aliphatic carbocycles. The van der Waals surface area contributed by atoms with E-state index in [1.807, 2.05) is 24.0 Å². The molecule has 3 fully saturated rings. The summed E-state index contributed by atoms with van der Waals surface area (Å²) in [7, 11) is 0. The van der Waals surface area contributed by atoms with Gasteiger partial charge in [-0.3, -0.25) is 0 Å². The minimum atomic E-state index is -0.211. The van der Waals surface area contributed by atoms with Crippen LogP contribution in [0.2, 0.25) is 0 Å². The Labute approximate surface area is 137 Å². The third kappa shape index (κ3) is 3.14. The van der Waals surface area contributed by atoms with Gasteiger partial charge in [-0.05, 0) is 48.9 Å². The number of nitrogens with one attached hydrogen (secondary N) is 1. The molecule has 1 aromatic carbocycles. The SMILES string of the molecule is CCNC(=O)N1C[C@@H]2CN(c3ccc(F)cc3)[C@H](C1)C(C)(C)C2. The number of benzene rings is 1. The summed E-state index contributed by atoms with van der Waals surface area (Å²) < 4.78 is 13.2. The van der Waals surface area contributed by atoms with Gasteiger partial charge in [-0.1, -0.05) is 13.8 Å². The molecule has 2 bridgehead atoms. The van der Waals surface area contributed by atoms with Gasteiger partial charge in [-0.25, -0.2) is 9.18 Å². The van der Waals surface area contributed by atoms with E-state index in [2.05, 4.69) is 24.1 Å². The van der Waals surface area contributed by atoms with E-state index in [0.717, 1.165) is 25.2 Å². The molecule has 23 heavy (non-hydrogen) atoms. The molecule has 5 heteroatoms.